The molecule has 0 fully saturated rings. The van der Waals surface area contributed by atoms with Gasteiger partial charge in [-0.3, -0.25) is 0 Å². The first kappa shape index (κ1) is 15.0. The Morgan fingerprint density at radius 2 is 2.09 bits per heavy atom. The molecule has 0 amide bonds. The summed E-state index contributed by atoms with van der Waals surface area (Å²) >= 11 is -0.162. The van der Waals surface area contributed by atoms with Crippen LogP contribution in [0.1, 0.15) is 6.42 Å². The van der Waals surface area contributed by atoms with E-state index in [0.717, 1.165) is 0 Å². The zero-order valence-corrected chi connectivity index (χ0v) is 11.8. The van der Waals surface area contributed by atoms with E-state index in [1.54, 1.807) is 0 Å². The molecule has 0 aliphatic rings. The maximum Gasteiger partial charge on any atom is 1.00 e. The first-order valence-corrected chi connectivity index (χ1v) is 6.15. The summed E-state index contributed by atoms with van der Waals surface area (Å²) in [4.78, 5) is 1.92. The van der Waals surface area contributed by atoms with Gasteiger partial charge in [0, 0.05) is 0 Å². The van der Waals surface area contributed by atoms with E-state index in [1.165, 1.54) is 0 Å². The molecule has 58 valence electrons. The zero-order valence-electron chi connectivity index (χ0n) is 6.11. The average Bonchev–Trinajstić information content (AvgIpc) is 1.78. The fraction of sp³-hybridized carbons (Fsp3) is 0.750. The summed E-state index contributed by atoms with van der Waals surface area (Å²) in [6.45, 7) is 0. The number of nitriles is 1. The van der Waals surface area contributed by atoms with Crippen LogP contribution in [-0.4, -0.2) is 33.7 Å². The fourth-order valence-electron chi connectivity index (χ4n) is 0.354. The molecule has 4 nitrogen and oxygen atoms in total. The van der Waals surface area contributed by atoms with E-state index < -0.39 is 10.1 Å². The monoisotopic (exact) mass is 267 g/mol. The number of hydrogen-bond donors (Lipinski definition) is 0. The summed E-state index contributed by atoms with van der Waals surface area (Å²) < 4.78 is 29.9. The van der Waals surface area contributed by atoms with Gasteiger partial charge in [-0.25, -0.2) is 0 Å². The van der Waals surface area contributed by atoms with E-state index in [2.05, 4.69) is 0 Å². The molecule has 0 aromatic rings. The Kier molecular flexibility index (Phi) is 11.2. The van der Waals surface area contributed by atoms with Crippen LogP contribution in [0.25, 0.3) is 0 Å². The van der Waals surface area contributed by atoms with E-state index in [4.69, 9.17) is 5.26 Å². The Balaban J connectivity index is 0. The second kappa shape index (κ2) is 8.17. The Morgan fingerprint density at radius 3 is 2.45 bits per heavy atom. The van der Waals surface area contributed by atoms with Crippen LogP contribution < -0.4 is 51.4 Å². The number of nitrogens with zero attached hydrogens (tertiary/aromatic N) is 1. The van der Waals surface area contributed by atoms with E-state index in [9.17, 15) is 13.0 Å². The van der Waals surface area contributed by atoms with Gasteiger partial charge in [0.25, 0.3) is 0 Å². The van der Waals surface area contributed by atoms with Crippen molar-refractivity contribution in [1.29, 1.82) is 5.26 Å². The van der Waals surface area contributed by atoms with Gasteiger partial charge in [0.1, 0.15) is 0 Å². The van der Waals surface area contributed by atoms with Crippen molar-refractivity contribution in [2.24, 2.45) is 0 Å². The normalized spacial score (nSPS) is 9.82. The minimum absolute atomic E-state index is 0. The van der Waals surface area contributed by atoms with Gasteiger partial charge in [0.2, 0.25) is 0 Å². The molecular weight excluding hydrogens is 260 g/mol. The molecule has 7 heteroatoms. The van der Waals surface area contributed by atoms with E-state index >= 15 is 0 Å². The van der Waals surface area contributed by atoms with Crippen LogP contribution in [0.2, 0.25) is 5.32 Å². The molecule has 0 unspecified atom stereocenters. The third kappa shape index (κ3) is 14.4. The second-order valence-corrected chi connectivity index (χ2v) is 4.92. The molecule has 0 saturated heterocycles. The first-order valence-electron chi connectivity index (χ1n) is 2.51. The molecule has 0 N–H and O–H groups in total. The molecule has 0 bridgehead atoms. The van der Waals surface area contributed by atoms with Crippen LogP contribution in [0.3, 0.4) is 0 Å². The Bertz CT molecular complexity index is 222. The molecule has 0 radical (unpaired) electrons. The molecule has 0 rings (SSSR count). The average molecular weight is 266 g/mol. The summed E-state index contributed by atoms with van der Waals surface area (Å²) in [6.07, 6.45) is 0.319. The van der Waals surface area contributed by atoms with E-state index in [1.807, 2.05) is 4.97 Å². The topological polar surface area (TPSA) is 81.0 Å². The van der Waals surface area contributed by atoms with E-state index in [0.29, 0.717) is 11.7 Å². The largest absolute Gasteiger partial charge is 1.00 e. The van der Waals surface area contributed by atoms with Crippen LogP contribution in [0.4, 0.5) is 0 Å². The molecule has 0 aromatic heterocycles. The number of rotatable bonds is 4. The summed E-state index contributed by atoms with van der Waals surface area (Å²) in [7, 11) is -4.05. The molecule has 0 heterocycles. The van der Waals surface area contributed by atoms with Crippen molar-refractivity contribution < 1.29 is 64.4 Å². The van der Waals surface area contributed by atoms with Crippen molar-refractivity contribution in [3.05, 3.63) is 0 Å². The minimum Gasteiger partial charge on any atom is 1.00 e. The maximum atomic E-state index is 9.96. The second-order valence-electron chi connectivity index (χ2n) is 1.56. The SMILES string of the molecule is N#C[Se]CCCS(=O)(=O)[O-].[K+]. The summed E-state index contributed by atoms with van der Waals surface area (Å²) in [6, 6.07) is 0. The fourth-order valence-corrected chi connectivity index (χ4v) is 2.06. The van der Waals surface area contributed by atoms with E-state index in [-0.39, 0.29) is 72.1 Å². The quantitative estimate of drug-likeness (QED) is 0.301. The molecular formula is C4H6KNO3SSe. The van der Waals surface area contributed by atoms with Crippen molar-refractivity contribution in [2.75, 3.05) is 5.75 Å². The van der Waals surface area contributed by atoms with Gasteiger partial charge in [0.05, 0.1) is 0 Å². The van der Waals surface area contributed by atoms with Gasteiger partial charge in [-0.1, -0.05) is 0 Å². The third-order valence-electron chi connectivity index (χ3n) is 0.705. The molecule has 0 spiro atoms. The zero-order chi connectivity index (χ0) is 8.04. The van der Waals surface area contributed by atoms with Crippen molar-refractivity contribution in [2.45, 2.75) is 11.7 Å². The van der Waals surface area contributed by atoms with Gasteiger partial charge in [-0.05, 0) is 0 Å². The van der Waals surface area contributed by atoms with Crippen LogP contribution in [-0.2, 0) is 10.1 Å². The standard InChI is InChI=1S/C4H7NO3SSe.K/c5-4-10-3-1-2-9(6,7)8;/h1-3H2,(H,6,7,8);/q;+1/p-1. The Morgan fingerprint density at radius 1 is 1.55 bits per heavy atom. The van der Waals surface area contributed by atoms with Crippen molar-refractivity contribution in [1.82, 2.24) is 0 Å². The van der Waals surface area contributed by atoms with Gasteiger partial charge in [-0.15, -0.1) is 0 Å². The summed E-state index contributed by atoms with van der Waals surface area (Å²) in [5.74, 6) is -0.337. The van der Waals surface area contributed by atoms with Crippen molar-refractivity contribution in [3.63, 3.8) is 0 Å². The van der Waals surface area contributed by atoms with Crippen molar-refractivity contribution >= 4 is 25.1 Å². The van der Waals surface area contributed by atoms with Crippen LogP contribution in [0.15, 0.2) is 0 Å². The molecule has 0 saturated carbocycles. The third-order valence-corrected chi connectivity index (χ3v) is 2.80. The molecule has 11 heavy (non-hydrogen) atoms. The predicted octanol–water partition coefficient (Wildman–Crippen LogP) is -3.47. The minimum atomic E-state index is -4.05. The Hall–Kier alpha value is 1.56. The first-order chi connectivity index (χ1) is 4.56. The summed E-state index contributed by atoms with van der Waals surface area (Å²) in [5.41, 5.74) is 0. The molecule has 0 aliphatic heterocycles. The van der Waals surface area contributed by atoms with Crippen LogP contribution in [0, 0.1) is 10.2 Å². The smallest absolute Gasteiger partial charge is 1.00 e. The summed E-state index contributed by atoms with van der Waals surface area (Å²) in [5, 5.41) is 8.59. The van der Waals surface area contributed by atoms with Crippen molar-refractivity contribution in [3.8, 4) is 4.97 Å². The predicted molar refractivity (Wildman–Crippen MR) is 35.4 cm³/mol. The van der Waals surface area contributed by atoms with Crippen LogP contribution >= 0.6 is 0 Å². The maximum absolute atomic E-state index is 9.96. The molecule has 0 aliphatic carbocycles. The van der Waals surface area contributed by atoms with Gasteiger partial charge >= 0.3 is 117 Å². The number of hydrogen-bond acceptors (Lipinski definition) is 4. The van der Waals surface area contributed by atoms with Crippen LogP contribution in [0.5, 0.6) is 0 Å². The van der Waals surface area contributed by atoms with Gasteiger partial charge in [-0.2, -0.15) is 0 Å². The van der Waals surface area contributed by atoms with Gasteiger partial charge < -0.3 is 0 Å². The van der Waals surface area contributed by atoms with Gasteiger partial charge in [0.15, 0.2) is 0 Å². The Labute approximate surface area is 115 Å². The molecule has 0 atom stereocenters. The molecule has 0 aromatic carbocycles.